The summed E-state index contributed by atoms with van der Waals surface area (Å²) in [6.07, 6.45) is 0.447. The standard InChI is InChI=1S/C27H27ClF2N6O4/c1-35-8-7-19(18(30)13-35)32-24(37)15-9-22(39-3)20(10-17(15)29)33-27-31-11-16(28)25(34-27)40-21-6-4-5-14-12-36(2)26(38)23(14)21/h4-6,9-11,18-19H,7-8,12-13H2,1-3H3,(H,32,37)(H,31,33,34)/t18-,19?/m0/s1. The highest BCUT2D eigenvalue weighted by Crippen LogP contribution is 2.36. The molecule has 2 N–H and O–H groups in total. The van der Waals surface area contributed by atoms with E-state index in [-0.39, 0.29) is 52.1 Å². The fourth-order valence-corrected chi connectivity index (χ4v) is 4.85. The average molecular weight is 573 g/mol. The molecule has 0 saturated carbocycles. The van der Waals surface area contributed by atoms with Crippen LogP contribution < -0.4 is 20.1 Å². The van der Waals surface area contributed by atoms with Crippen LogP contribution in [-0.4, -0.2) is 78.1 Å². The molecule has 10 nitrogen and oxygen atoms in total. The Morgan fingerprint density at radius 2 is 2.02 bits per heavy atom. The van der Waals surface area contributed by atoms with Crippen molar-refractivity contribution in [3.63, 3.8) is 0 Å². The minimum atomic E-state index is -1.26. The molecule has 0 aliphatic carbocycles. The van der Waals surface area contributed by atoms with Gasteiger partial charge in [-0.15, -0.1) is 0 Å². The zero-order valence-corrected chi connectivity index (χ0v) is 22.8. The van der Waals surface area contributed by atoms with Gasteiger partial charge in [0.2, 0.25) is 11.8 Å². The fraction of sp³-hybridized carbons (Fsp3) is 0.333. The molecule has 2 aliphatic heterocycles. The number of carbonyl (C=O) groups excluding carboxylic acids is 2. The number of amides is 2. The lowest BCUT2D eigenvalue weighted by atomic mass is 10.0. The zero-order chi connectivity index (χ0) is 28.6. The number of alkyl halides is 1. The third-order valence-electron chi connectivity index (χ3n) is 6.84. The van der Waals surface area contributed by atoms with E-state index in [0.717, 1.165) is 11.6 Å². The molecule has 2 amide bonds. The Balaban J connectivity index is 1.36. The van der Waals surface area contributed by atoms with E-state index in [2.05, 4.69) is 20.6 Å². The number of anilines is 2. The molecular formula is C27H27ClF2N6O4. The maximum absolute atomic E-state index is 15.1. The molecule has 1 saturated heterocycles. The van der Waals surface area contributed by atoms with Gasteiger partial charge in [0.05, 0.1) is 36.2 Å². The van der Waals surface area contributed by atoms with Crippen molar-refractivity contribution in [3.8, 4) is 17.4 Å². The predicted molar refractivity (Wildman–Crippen MR) is 144 cm³/mol. The molecule has 2 atom stereocenters. The summed E-state index contributed by atoms with van der Waals surface area (Å²) in [4.78, 5) is 37.2. The van der Waals surface area contributed by atoms with Crippen LogP contribution in [0.4, 0.5) is 20.4 Å². The first-order valence-corrected chi connectivity index (χ1v) is 12.9. The fourth-order valence-electron chi connectivity index (χ4n) is 4.72. The molecule has 2 aromatic carbocycles. The van der Waals surface area contributed by atoms with Gasteiger partial charge in [0, 0.05) is 32.7 Å². The Labute approximate surface area is 234 Å². The summed E-state index contributed by atoms with van der Waals surface area (Å²) in [5.74, 6) is -1.39. The number of methoxy groups -OCH3 is 1. The lowest BCUT2D eigenvalue weighted by Crippen LogP contribution is -2.51. The van der Waals surface area contributed by atoms with Crippen molar-refractivity contribution in [1.29, 1.82) is 0 Å². The first-order chi connectivity index (χ1) is 19.1. The number of nitrogens with one attached hydrogen (secondary N) is 2. The molecule has 13 heteroatoms. The molecule has 0 radical (unpaired) electrons. The van der Waals surface area contributed by atoms with Gasteiger partial charge in [0.1, 0.15) is 28.5 Å². The van der Waals surface area contributed by atoms with E-state index in [1.807, 2.05) is 11.0 Å². The Kier molecular flexibility index (Phi) is 7.72. The third kappa shape index (κ3) is 5.50. The number of halogens is 3. The van der Waals surface area contributed by atoms with Gasteiger partial charge in [-0.3, -0.25) is 9.59 Å². The number of benzene rings is 2. The molecule has 210 valence electrons. The number of hydrogen-bond donors (Lipinski definition) is 2. The molecule has 40 heavy (non-hydrogen) atoms. The zero-order valence-electron chi connectivity index (χ0n) is 22.0. The quantitative estimate of drug-likeness (QED) is 0.434. The first-order valence-electron chi connectivity index (χ1n) is 12.5. The van der Waals surface area contributed by atoms with Crippen LogP contribution in [0.5, 0.6) is 17.4 Å². The Morgan fingerprint density at radius 1 is 1.23 bits per heavy atom. The molecule has 3 heterocycles. The number of ether oxygens (including phenoxy) is 2. The number of piperidine rings is 1. The Morgan fingerprint density at radius 3 is 2.77 bits per heavy atom. The summed E-state index contributed by atoms with van der Waals surface area (Å²) in [6, 6.07) is 6.81. The number of hydrogen-bond acceptors (Lipinski definition) is 8. The highest BCUT2D eigenvalue weighted by atomic mass is 35.5. The van der Waals surface area contributed by atoms with Crippen LogP contribution in [-0.2, 0) is 6.54 Å². The van der Waals surface area contributed by atoms with E-state index < -0.39 is 23.9 Å². The average Bonchev–Trinajstić information content (AvgIpc) is 3.21. The molecule has 0 spiro atoms. The van der Waals surface area contributed by atoms with Gasteiger partial charge in [-0.2, -0.15) is 4.98 Å². The molecule has 0 bridgehead atoms. The molecule has 3 aromatic rings. The second-order valence-electron chi connectivity index (χ2n) is 9.70. The van der Waals surface area contributed by atoms with Gasteiger partial charge >= 0.3 is 0 Å². The van der Waals surface area contributed by atoms with Crippen molar-refractivity contribution in [2.24, 2.45) is 0 Å². The summed E-state index contributed by atoms with van der Waals surface area (Å²) in [5.41, 5.74) is 1.08. The van der Waals surface area contributed by atoms with Gasteiger partial charge in [-0.05, 0) is 31.2 Å². The summed E-state index contributed by atoms with van der Waals surface area (Å²) in [7, 11) is 4.85. The van der Waals surface area contributed by atoms with Crippen molar-refractivity contribution in [3.05, 3.63) is 64.1 Å². The van der Waals surface area contributed by atoms with Crippen LogP contribution in [0.1, 0.15) is 32.7 Å². The second-order valence-corrected chi connectivity index (χ2v) is 10.1. The molecule has 1 unspecified atom stereocenters. The normalized spacial score (nSPS) is 18.9. The Bertz CT molecular complexity index is 1480. The first kappa shape index (κ1) is 27.5. The van der Waals surface area contributed by atoms with Crippen LogP contribution in [0.3, 0.4) is 0 Å². The SMILES string of the molecule is COc1cc(C(=O)NC2CCN(C)C[C@@H]2F)c(F)cc1Nc1ncc(Cl)c(Oc2cccc3c2C(=O)N(C)C3)n1. The number of rotatable bonds is 7. The highest BCUT2D eigenvalue weighted by molar-refractivity contribution is 6.31. The highest BCUT2D eigenvalue weighted by Gasteiger charge is 2.31. The van der Waals surface area contributed by atoms with Crippen molar-refractivity contribution < 1.29 is 27.8 Å². The third-order valence-corrected chi connectivity index (χ3v) is 7.10. The number of likely N-dealkylation sites (tertiary alicyclic amines) is 1. The van der Waals surface area contributed by atoms with Crippen molar-refractivity contribution in [2.45, 2.75) is 25.2 Å². The molecule has 1 fully saturated rings. The van der Waals surface area contributed by atoms with E-state index >= 15 is 4.39 Å². The molecular weight excluding hydrogens is 546 g/mol. The predicted octanol–water partition coefficient (Wildman–Crippen LogP) is 4.17. The van der Waals surface area contributed by atoms with E-state index in [0.29, 0.717) is 25.1 Å². The molecule has 5 rings (SSSR count). The summed E-state index contributed by atoms with van der Waals surface area (Å²) in [5, 5.41) is 5.52. The number of fused-ring (bicyclic) bond motifs is 1. The van der Waals surface area contributed by atoms with Crippen molar-refractivity contribution in [1.82, 2.24) is 25.1 Å². The summed E-state index contributed by atoms with van der Waals surface area (Å²) >= 11 is 6.27. The van der Waals surface area contributed by atoms with E-state index in [9.17, 15) is 14.0 Å². The van der Waals surface area contributed by atoms with Crippen molar-refractivity contribution in [2.75, 3.05) is 39.6 Å². The van der Waals surface area contributed by atoms with Gasteiger partial charge in [-0.1, -0.05) is 23.7 Å². The lowest BCUT2D eigenvalue weighted by molar-refractivity contribution is 0.0810. The lowest BCUT2D eigenvalue weighted by Gasteiger charge is -2.32. The van der Waals surface area contributed by atoms with E-state index in [1.165, 1.54) is 19.4 Å². The van der Waals surface area contributed by atoms with Gasteiger partial charge < -0.3 is 29.9 Å². The largest absolute Gasteiger partial charge is 0.495 e. The van der Waals surface area contributed by atoms with Crippen molar-refractivity contribution >= 4 is 35.1 Å². The van der Waals surface area contributed by atoms with Crippen LogP contribution >= 0.6 is 11.6 Å². The minimum absolute atomic E-state index is 0.00285. The molecule has 2 aliphatic rings. The summed E-state index contributed by atoms with van der Waals surface area (Å²) in [6.45, 7) is 1.26. The topological polar surface area (TPSA) is 109 Å². The maximum Gasteiger partial charge on any atom is 0.258 e. The maximum atomic E-state index is 15.1. The summed E-state index contributed by atoms with van der Waals surface area (Å²) < 4.78 is 40.7. The molecule has 1 aromatic heterocycles. The van der Waals surface area contributed by atoms with Crippen LogP contribution in [0.15, 0.2) is 36.5 Å². The van der Waals surface area contributed by atoms with Crippen LogP contribution in [0.2, 0.25) is 5.02 Å². The van der Waals surface area contributed by atoms with Gasteiger partial charge in [0.15, 0.2) is 0 Å². The second kappa shape index (κ2) is 11.2. The van der Waals surface area contributed by atoms with E-state index in [4.69, 9.17) is 21.1 Å². The van der Waals surface area contributed by atoms with Gasteiger partial charge in [-0.25, -0.2) is 13.8 Å². The van der Waals surface area contributed by atoms with Gasteiger partial charge in [0.25, 0.3) is 11.8 Å². The number of nitrogens with zero attached hydrogens (tertiary/aromatic N) is 4. The minimum Gasteiger partial charge on any atom is -0.495 e. The smallest absolute Gasteiger partial charge is 0.258 e. The van der Waals surface area contributed by atoms with E-state index in [1.54, 1.807) is 31.1 Å². The monoisotopic (exact) mass is 572 g/mol. The number of aromatic nitrogens is 2. The Hall–Kier alpha value is -4.03. The van der Waals surface area contributed by atoms with Crippen LogP contribution in [0, 0.1) is 5.82 Å². The number of carbonyl (C=O) groups is 2. The van der Waals surface area contributed by atoms with Crippen LogP contribution in [0.25, 0.3) is 0 Å².